The highest BCUT2D eigenvalue weighted by atomic mass is 35.5. The highest BCUT2D eigenvalue weighted by Gasteiger charge is 2.16. The number of anilines is 1. The van der Waals surface area contributed by atoms with E-state index in [0.717, 1.165) is 11.3 Å². The third-order valence-corrected chi connectivity index (χ3v) is 3.39. The maximum atomic E-state index is 11.9. The second kappa shape index (κ2) is 9.18. The average Bonchev–Trinajstić information content (AvgIpc) is 2.54. The number of carbonyl (C=O) groups excluding carboxylic acids is 1. The molecule has 0 fully saturated rings. The molecule has 1 unspecified atom stereocenters. The molecule has 1 atom stereocenters. The fourth-order valence-corrected chi connectivity index (χ4v) is 1.90. The Hall–Kier alpha value is -2.04. The molecule has 1 amide bonds. The monoisotopic (exact) mass is 334 g/mol. The molecule has 0 heterocycles. The van der Waals surface area contributed by atoms with Gasteiger partial charge in [0.05, 0.1) is 6.04 Å². The van der Waals surface area contributed by atoms with Crippen LogP contribution in [0, 0.1) is 5.92 Å². The summed E-state index contributed by atoms with van der Waals surface area (Å²) in [4.78, 5) is 11.9. The molecule has 2 aromatic rings. The van der Waals surface area contributed by atoms with Crippen molar-refractivity contribution in [1.29, 1.82) is 0 Å². The van der Waals surface area contributed by atoms with Gasteiger partial charge in [-0.05, 0) is 35.7 Å². The summed E-state index contributed by atoms with van der Waals surface area (Å²) in [6.45, 7) is 4.36. The Morgan fingerprint density at radius 3 is 2.26 bits per heavy atom. The maximum absolute atomic E-state index is 11.9. The lowest BCUT2D eigenvalue weighted by atomic mass is 10.1. The number of nitrogens with two attached hydrogens (primary N) is 1. The summed E-state index contributed by atoms with van der Waals surface area (Å²) in [5, 5.41) is 2.80. The van der Waals surface area contributed by atoms with E-state index in [4.69, 9.17) is 10.5 Å². The number of hydrogen-bond acceptors (Lipinski definition) is 3. The van der Waals surface area contributed by atoms with Crippen LogP contribution in [0.5, 0.6) is 5.75 Å². The third kappa shape index (κ3) is 5.93. The van der Waals surface area contributed by atoms with Gasteiger partial charge in [0.25, 0.3) is 0 Å². The zero-order valence-electron chi connectivity index (χ0n) is 13.4. The van der Waals surface area contributed by atoms with E-state index in [2.05, 4.69) is 5.32 Å². The van der Waals surface area contributed by atoms with Crippen LogP contribution in [0.4, 0.5) is 5.69 Å². The van der Waals surface area contributed by atoms with Crippen LogP contribution < -0.4 is 15.8 Å². The molecule has 2 rings (SSSR count). The zero-order chi connectivity index (χ0) is 15.9. The molecular formula is C18H23ClN2O2. The van der Waals surface area contributed by atoms with Gasteiger partial charge in [0.2, 0.25) is 5.91 Å². The number of benzene rings is 2. The number of nitrogens with one attached hydrogen (secondary N) is 1. The molecule has 0 aliphatic carbocycles. The summed E-state index contributed by atoms with van der Waals surface area (Å²) < 4.78 is 5.70. The first kappa shape index (κ1) is 19.0. The Labute approximate surface area is 143 Å². The third-order valence-electron chi connectivity index (χ3n) is 3.39. The van der Waals surface area contributed by atoms with Crippen molar-refractivity contribution in [3.8, 4) is 5.75 Å². The van der Waals surface area contributed by atoms with E-state index in [9.17, 15) is 4.79 Å². The van der Waals surface area contributed by atoms with Gasteiger partial charge in [0.1, 0.15) is 12.4 Å². The Morgan fingerprint density at radius 1 is 1.09 bits per heavy atom. The van der Waals surface area contributed by atoms with E-state index < -0.39 is 6.04 Å². The fourth-order valence-electron chi connectivity index (χ4n) is 1.90. The standard InChI is InChI=1S/C18H22N2O2.ClH/c1-13(2)17(19)18(21)20-15-8-10-16(11-9-15)22-12-14-6-4-3-5-7-14;/h3-11,13,17H,12,19H2,1-2H3,(H,20,21);1H. The summed E-state index contributed by atoms with van der Waals surface area (Å²) >= 11 is 0. The molecule has 0 aromatic heterocycles. The first-order chi connectivity index (χ1) is 10.6. The van der Waals surface area contributed by atoms with Crippen LogP contribution in [-0.4, -0.2) is 11.9 Å². The van der Waals surface area contributed by atoms with E-state index >= 15 is 0 Å². The smallest absolute Gasteiger partial charge is 0.241 e. The first-order valence-electron chi connectivity index (χ1n) is 7.39. The minimum Gasteiger partial charge on any atom is -0.489 e. The Balaban J connectivity index is 0.00000264. The van der Waals surface area contributed by atoms with Crippen molar-refractivity contribution >= 4 is 24.0 Å². The molecule has 3 N–H and O–H groups in total. The van der Waals surface area contributed by atoms with Crippen LogP contribution in [0.2, 0.25) is 0 Å². The van der Waals surface area contributed by atoms with Gasteiger partial charge in [-0.3, -0.25) is 4.79 Å². The Bertz CT molecular complexity index is 600. The molecule has 0 bridgehead atoms. The maximum Gasteiger partial charge on any atom is 0.241 e. The summed E-state index contributed by atoms with van der Waals surface area (Å²) in [5.74, 6) is 0.691. The van der Waals surface area contributed by atoms with Crippen LogP contribution in [0.1, 0.15) is 19.4 Å². The van der Waals surface area contributed by atoms with Crippen molar-refractivity contribution in [2.45, 2.75) is 26.5 Å². The van der Waals surface area contributed by atoms with E-state index in [1.165, 1.54) is 0 Å². The van der Waals surface area contributed by atoms with E-state index in [0.29, 0.717) is 12.3 Å². The second-order valence-corrected chi connectivity index (χ2v) is 5.56. The van der Waals surface area contributed by atoms with E-state index in [1.807, 2.05) is 68.4 Å². The largest absolute Gasteiger partial charge is 0.489 e. The van der Waals surface area contributed by atoms with Gasteiger partial charge in [-0.15, -0.1) is 12.4 Å². The van der Waals surface area contributed by atoms with Crippen molar-refractivity contribution < 1.29 is 9.53 Å². The molecule has 0 saturated heterocycles. The van der Waals surface area contributed by atoms with Gasteiger partial charge in [-0.2, -0.15) is 0 Å². The van der Waals surface area contributed by atoms with Gasteiger partial charge in [0, 0.05) is 5.69 Å². The fraction of sp³-hybridized carbons (Fsp3) is 0.278. The van der Waals surface area contributed by atoms with Crippen molar-refractivity contribution in [3.05, 3.63) is 60.2 Å². The topological polar surface area (TPSA) is 64.4 Å². The molecule has 5 heteroatoms. The van der Waals surface area contributed by atoms with Crippen molar-refractivity contribution in [2.75, 3.05) is 5.32 Å². The number of hydrogen-bond donors (Lipinski definition) is 2. The van der Waals surface area contributed by atoms with Crippen LogP contribution in [0.25, 0.3) is 0 Å². The Kier molecular flexibility index (Phi) is 7.59. The van der Waals surface area contributed by atoms with Gasteiger partial charge >= 0.3 is 0 Å². The molecule has 0 aliphatic heterocycles. The predicted octanol–water partition coefficient (Wildman–Crippen LogP) is 3.61. The number of rotatable bonds is 6. The van der Waals surface area contributed by atoms with Gasteiger partial charge in [0.15, 0.2) is 0 Å². The quantitative estimate of drug-likeness (QED) is 0.848. The lowest BCUT2D eigenvalue weighted by Crippen LogP contribution is -2.39. The number of carbonyl (C=O) groups is 1. The molecule has 124 valence electrons. The van der Waals surface area contributed by atoms with E-state index in [1.54, 1.807) is 0 Å². The second-order valence-electron chi connectivity index (χ2n) is 5.56. The summed E-state index contributed by atoms with van der Waals surface area (Å²) in [6.07, 6.45) is 0. The van der Waals surface area contributed by atoms with Crippen molar-refractivity contribution in [3.63, 3.8) is 0 Å². The minimum atomic E-state index is -0.506. The summed E-state index contributed by atoms with van der Waals surface area (Å²) in [5.41, 5.74) is 7.64. The van der Waals surface area contributed by atoms with Gasteiger partial charge in [-0.1, -0.05) is 44.2 Å². The van der Waals surface area contributed by atoms with Crippen molar-refractivity contribution in [1.82, 2.24) is 0 Å². The predicted molar refractivity (Wildman–Crippen MR) is 95.9 cm³/mol. The molecule has 0 aliphatic rings. The lowest BCUT2D eigenvalue weighted by Gasteiger charge is -2.15. The van der Waals surface area contributed by atoms with Crippen LogP contribution in [0.3, 0.4) is 0 Å². The Morgan fingerprint density at radius 2 is 1.70 bits per heavy atom. The lowest BCUT2D eigenvalue weighted by molar-refractivity contribution is -0.118. The van der Waals surface area contributed by atoms with Crippen LogP contribution in [0.15, 0.2) is 54.6 Å². The normalized spacial score (nSPS) is 11.5. The summed E-state index contributed by atoms with van der Waals surface area (Å²) in [6, 6.07) is 16.8. The minimum absolute atomic E-state index is 0. The molecule has 23 heavy (non-hydrogen) atoms. The zero-order valence-corrected chi connectivity index (χ0v) is 14.2. The van der Waals surface area contributed by atoms with Crippen LogP contribution >= 0.6 is 12.4 Å². The van der Waals surface area contributed by atoms with Crippen LogP contribution in [-0.2, 0) is 11.4 Å². The van der Waals surface area contributed by atoms with Gasteiger partial charge in [-0.25, -0.2) is 0 Å². The molecule has 0 spiro atoms. The highest BCUT2D eigenvalue weighted by Crippen LogP contribution is 2.17. The first-order valence-corrected chi connectivity index (χ1v) is 7.39. The highest BCUT2D eigenvalue weighted by molar-refractivity contribution is 5.94. The average molecular weight is 335 g/mol. The number of amides is 1. The van der Waals surface area contributed by atoms with Gasteiger partial charge < -0.3 is 15.8 Å². The van der Waals surface area contributed by atoms with E-state index in [-0.39, 0.29) is 24.2 Å². The number of halogens is 1. The molecule has 0 saturated carbocycles. The number of ether oxygens (including phenoxy) is 1. The van der Waals surface area contributed by atoms with Crippen molar-refractivity contribution in [2.24, 2.45) is 11.7 Å². The SMILES string of the molecule is CC(C)C(N)C(=O)Nc1ccc(OCc2ccccc2)cc1.Cl. The molecule has 4 nitrogen and oxygen atoms in total. The molecular weight excluding hydrogens is 312 g/mol. The molecule has 2 aromatic carbocycles. The molecule has 0 radical (unpaired) electrons. The summed E-state index contributed by atoms with van der Waals surface area (Å²) in [7, 11) is 0.